The maximum atomic E-state index is 9.13. The maximum Gasteiger partial charge on any atom is 0.129 e. The number of nitrogen functional groups attached to an aromatic ring is 1. The highest BCUT2D eigenvalue weighted by Crippen LogP contribution is 2.24. The molecule has 4 N–H and O–H groups in total. The highest BCUT2D eigenvalue weighted by molar-refractivity contribution is 5.51. The van der Waals surface area contributed by atoms with Crippen LogP contribution in [0.15, 0.2) is 12.3 Å². The van der Waals surface area contributed by atoms with Crippen molar-refractivity contribution in [2.75, 3.05) is 11.1 Å². The Hall–Kier alpha value is -1.29. The predicted octanol–water partition coefficient (Wildman–Crippen LogP) is 0.907. The van der Waals surface area contributed by atoms with Crippen molar-refractivity contribution in [1.82, 2.24) is 4.98 Å². The van der Waals surface area contributed by atoms with Crippen molar-refractivity contribution in [2.24, 2.45) is 0 Å². The molecule has 0 amide bonds. The van der Waals surface area contributed by atoms with E-state index in [1.807, 2.05) is 13.0 Å². The van der Waals surface area contributed by atoms with Crippen LogP contribution in [-0.2, 0) is 0 Å². The minimum atomic E-state index is -0.137. The van der Waals surface area contributed by atoms with Gasteiger partial charge in [-0.3, -0.25) is 0 Å². The van der Waals surface area contributed by atoms with Crippen molar-refractivity contribution in [3.05, 3.63) is 17.8 Å². The molecule has 14 heavy (non-hydrogen) atoms. The molecule has 1 aromatic rings. The second-order valence-electron chi connectivity index (χ2n) is 3.90. The smallest absolute Gasteiger partial charge is 0.129 e. The number of aliphatic hydroxyl groups excluding tert-OH is 1. The lowest BCUT2D eigenvalue weighted by molar-refractivity contribution is 0.0835. The summed E-state index contributed by atoms with van der Waals surface area (Å²) in [6.07, 6.45) is 3.13. The number of anilines is 2. The van der Waals surface area contributed by atoms with Crippen LogP contribution in [0, 0.1) is 6.92 Å². The zero-order chi connectivity index (χ0) is 10.1. The van der Waals surface area contributed by atoms with Crippen LogP contribution >= 0.6 is 0 Å². The van der Waals surface area contributed by atoms with E-state index >= 15 is 0 Å². The van der Waals surface area contributed by atoms with E-state index in [1.54, 1.807) is 6.20 Å². The Kier molecular flexibility index (Phi) is 2.29. The Bertz CT molecular complexity index is 334. The Morgan fingerprint density at radius 1 is 1.57 bits per heavy atom. The van der Waals surface area contributed by atoms with Gasteiger partial charge in [0.2, 0.25) is 0 Å². The number of hydrogen-bond acceptors (Lipinski definition) is 4. The second-order valence-corrected chi connectivity index (χ2v) is 3.90. The van der Waals surface area contributed by atoms with Gasteiger partial charge in [-0.05, 0) is 31.4 Å². The summed E-state index contributed by atoms with van der Waals surface area (Å²) in [6.45, 7) is 1.97. The highest BCUT2D eigenvalue weighted by atomic mass is 16.3. The summed E-state index contributed by atoms with van der Waals surface area (Å²) in [6, 6.07) is 2.25. The molecule has 0 atom stereocenters. The van der Waals surface area contributed by atoms with Crippen molar-refractivity contribution in [3.8, 4) is 0 Å². The fraction of sp³-hybridized carbons (Fsp3) is 0.500. The standard InChI is InChI=1S/C10H15N3O/c1-6-2-7(11)5-12-10(6)13-8-3-9(14)4-8/h2,5,8-9,14H,3-4,11H2,1H3,(H,12,13). The van der Waals surface area contributed by atoms with Gasteiger partial charge < -0.3 is 16.2 Å². The van der Waals surface area contributed by atoms with Crippen LogP contribution in [0.4, 0.5) is 11.5 Å². The molecule has 1 saturated carbocycles. The van der Waals surface area contributed by atoms with Gasteiger partial charge in [-0.25, -0.2) is 4.98 Å². The molecule has 1 fully saturated rings. The fourth-order valence-electron chi connectivity index (χ4n) is 1.65. The van der Waals surface area contributed by atoms with E-state index in [0.717, 1.165) is 24.2 Å². The summed E-state index contributed by atoms with van der Waals surface area (Å²) in [7, 11) is 0. The van der Waals surface area contributed by atoms with Crippen LogP contribution in [0.25, 0.3) is 0 Å². The Morgan fingerprint density at radius 3 is 2.86 bits per heavy atom. The minimum Gasteiger partial charge on any atom is -0.397 e. The molecule has 1 aliphatic rings. The summed E-state index contributed by atoms with van der Waals surface area (Å²) in [5, 5.41) is 12.4. The van der Waals surface area contributed by atoms with Crippen LogP contribution in [-0.4, -0.2) is 22.2 Å². The van der Waals surface area contributed by atoms with Gasteiger partial charge in [0, 0.05) is 6.04 Å². The lowest BCUT2D eigenvalue weighted by Gasteiger charge is -2.32. The molecule has 76 valence electrons. The molecule has 1 aromatic heterocycles. The van der Waals surface area contributed by atoms with Gasteiger partial charge in [0.25, 0.3) is 0 Å². The van der Waals surface area contributed by atoms with Gasteiger partial charge >= 0.3 is 0 Å². The monoisotopic (exact) mass is 193 g/mol. The Labute approximate surface area is 83.2 Å². The second kappa shape index (κ2) is 3.46. The first-order chi connectivity index (χ1) is 6.65. The molecule has 0 bridgehead atoms. The van der Waals surface area contributed by atoms with E-state index in [1.165, 1.54) is 0 Å². The van der Waals surface area contributed by atoms with Crippen molar-refractivity contribution < 1.29 is 5.11 Å². The number of pyridine rings is 1. The van der Waals surface area contributed by atoms with Gasteiger partial charge in [-0.15, -0.1) is 0 Å². The van der Waals surface area contributed by atoms with E-state index in [9.17, 15) is 0 Å². The number of rotatable bonds is 2. The largest absolute Gasteiger partial charge is 0.397 e. The maximum absolute atomic E-state index is 9.13. The summed E-state index contributed by atoms with van der Waals surface area (Å²) < 4.78 is 0. The van der Waals surface area contributed by atoms with Gasteiger partial charge in [0.15, 0.2) is 0 Å². The lowest BCUT2D eigenvalue weighted by atomic mass is 9.89. The quantitative estimate of drug-likeness (QED) is 0.652. The fourth-order valence-corrected chi connectivity index (χ4v) is 1.65. The third-order valence-electron chi connectivity index (χ3n) is 2.55. The average molecular weight is 193 g/mol. The van der Waals surface area contributed by atoms with Crippen LogP contribution in [0.3, 0.4) is 0 Å². The van der Waals surface area contributed by atoms with Gasteiger partial charge in [-0.1, -0.05) is 0 Å². The normalized spacial score (nSPS) is 25.6. The third-order valence-corrected chi connectivity index (χ3v) is 2.55. The molecular formula is C10H15N3O. The molecule has 2 rings (SSSR count). The van der Waals surface area contributed by atoms with E-state index in [4.69, 9.17) is 10.8 Å². The SMILES string of the molecule is Cc1cc(N)cnc1NC1CC(O)C1. The van der Waals surface area contributed by atoms with Crippen molar-refractivity contribution in [1.29, 1.82) is 0 Å². The number of aromatic nitrogens is 1. The van der Waals surface area contributed by atoms with Crippen molar-refractivity contribution in [2.45, 2.75) is 31.9 Å². The van der Waals surface area contributed by atoms with Gasteiger partial charge in [0.1, 0.15) is 5.82 Å². The van der Waals surface area contributed by atoms with E-state index in [2.05, 4.69) is 10.3 Å². The highest BCUT2D eigenvalue weighted by Gasteiger charge is 2.27. The summed E-state index contributed by atoms with van der Waals surface area (Å²) in [5.74, 6) is 0.871. The van der Waals surface area contributed by atoms with Crippen molar-refractivity contribution >= 4 is 11.5 Å². The summed E-state index contributed by atoms with van der Waals surface area (Å²) in [5.41, 5.74) is 7.33. The molecule has 1 heterocycles. The number of nitrogens with two attached hydrogens (primary N) is 1. The molecular weight excluding hydrogens is 178 g/mol. The molecule has 1 aliphatic carbocycles. The molecule has 0 radical (unpaired) electrons. The lowest BCUT2D eigenvalue weighted by Crippen LogP contribution is -2.39. The number of aliphatic hydroxyl groups is 1. The molecule has 0 aromatic carbocycles. The molecule has 0 aliphatic heterocycles. The molecule has 0 saturated heterocycles. The minimum absolute atomic E-state index is 0.137. The van der Waals surface area contributed by atoms with Crippen LogP contribution in [0.5, 0.6) is 0 Å². The Morgan fingerprint density at radius 2 is 2.29 bits per heavy atom. The summed E-state index contributed by atoms with van der Waals surface area (Å²) >= 11 is 0. The number of nitrogens with one attached hydrogen (secondary N) is 1. The summed E-state index contributed by atoms with van der Waals surface area (Å²) in [4.78, 5) is 4.21. The number of aryl methyl sites for hydroxylation is 1. The van der Waals surface area contributed by atoms with E-state index < -0.39 is 0 Å². The van der Waals surface area contributed by atoms with Gasteiger partial charge in [-0.2, -0.15) is 0 Å². The van der Waals surface area contributed by atoms with Gasteiger partial charge in [0.05, 0.1) is 18.0 Å². The predicted molar refractivity (Wildman–Crippen MR) is 56.0 cm³/mol. The third kappa shape index (κ3) is 1.80. The van der Waals surface area contributed by atoms with Crippen LogP contribution < -0.4 is 11.1 Å². The number of hydrogen-bond donors (Lipinski definition) is 3. The number of nitrogens with zero attached hydrogens (tertiary/aromatic N) is 1. The molecule has 4 heteroatoms. The van der Waals surface area contributed by atoms with E-state index in [0.29, 0.717) is 11.7 Å². The van der Waals surface area contributed by atoms with Crippen molar-refractivity contribution in [3.63, 3.8) is 0 Å². The van der Waals surface area contributed by atoms with E-state index in [-0.39, 0.29) is 6.10 Å². The first-order valence-electron chi connectivity index (χ1n) is 4.82. The Balaban J connectivity index is 2.02. The van der Waals surface area contributed by atoms with Crippen LogP contribution in [0.1, 0.15) is 18.4 Å². The topological polar surface area (TPSA) is 71.2 Å². The molecule has 4 nitrogen and oxygen atoms in total. The zero-order valence-electron chi connectivity index (χ0n) is 8.20. The molecule has 0 spiro atoms. The van der Waals surface area contributed by atoms with Crippen LogP contribution in [0.2, 0.25) is 0 Å². The zero-order valence-corrected chi connectivity index (χ0v) is 8.20. The average Bonchev–Trinajstić information content (AvgIpc) is 2.06. The first kappa shape index (κ1) is 9.27. The molecule has 0 unspecified atom stereocenters. The first-order valence-corrected chi connectivity index (χ1v) is 4.82.